The van der Waals surface area contributed by atoms with Crippen molar-refractivity contribution in [3.8, 4) is 0 Å². The molecule has 0 radical (unpaired) electrons. The van der Waals surface area contributed by atoms with Gasteiger partial charge in [0.2, 0.25) is 5.91 Å². The van der Waals surface area contributed by atoms with Gasteiger partial charge in [-0.25, -0.2) is 4.39 Å². The minimum atomic E-state index is -0.330. The average molecular weight is 340 g/mol. The number of amides is 2. The summed E-state index contributed by atoms with van der Waals surface area (Å²) in [6, 6.07) is 11.0. The molecule has 2 aromatic carbocycles. The number of benzene rings is 2. The van der Waals surface area contributed by atoms with E-state index in [4.69, 9.17) is 0 Å². The van der Waals surface area contributed by atoms with Gasteiger partial charge < -0.3 is 10.6 Å². The van der Waals surface area contributed by atoms with E-state index in [9.17, 15) is 14.0 Å². The first-order valence-corrected chi connectivity index (χ1v) is 8.01. The van der Waals surface area contributed by atoms with Gasteiger partial charge in [0.1, 0.15) is 5.82 Å². The zero-order valence-electron chi connectivity index (χ0n) is 14.5. The Morgan fingerprint density at radius 3 is 2.40 bits per heavy atom. The van der Waals surface area contributed by atoms with Crippen LogP contribution in [0.4, 0.5) is 10.1 Å². The number of aryl methyl sites for hydroxylation is 1. The van der Waals surface area contributed by atoms with Crippen molar-refractivity contribution < 1.29 is 14.0 Å². The highest BCUT2D eigenvalue weighted by atomic mass is 19.1. The van der Waals surface area contributed by atoms with Crippen molar-refractivity contribution in [1.82, 2.24) is 5.32 Å². The van der Waals surface area contributed by atoms with Crippen LogP contribution in [0, 0.1) is 12.7 Å². The highest BCUT2D eigenvalue weighted by Gasteiger charge is 2.11. The summed E-state index contributed by atoms with van der Waals surface area (Å²) in [6.07, 6.45) is 2.95. The summed E-state index contributed by atoms with van der Waals surface area (Å²) in [6.45, 7) is 5.62. The molecule has 0 aliphatic heterocycles. The molecule has 0 atom stereocenters. The van der Waals surface area contributed by atoms with E-state index in [1.54, 1.807) is 36.4 Å². The Labute approximate surface area is 146 Å². The Morgan fingerprint density at radius 1 is 1.08 bits per heavy atom. The number of carbonyl (C=O) groups excluding carboxylic acids is 2. The summed E-state index contributed by atoms with van der Waals surface area (Å²) in [5, 5.41) is 5.55. The van der Waals surface area contributed by atoms with E-state index in [0.29, 0.717) is 11.3 Å². The number of rotatable bonds is 5. The zero-order valence-corrected chi connectivity index (χ0v) is 14.5. The van der Waals surface area contributed by atoms with Crippen LogP contribution in [0.15, 0.2) is 48.5 Å². The average Bonchev–Trinajstić information content (AvgIpc) is 2.55. The molecule has 0 spiro atoms. The minimum Gasteiger partial charge on any atom is -0.350 e. The van der Waals surface area contributed by atoms with Gasteiger partial charge in [-0.15, -0.1) is 0 Å². The van der Waals surface area contributed by atoms with E-state index in [2.05, 4.69) is 10.6 Å². The molecule has 0 aliphatic carbocycles. The molecule has 0 saturated carbocycles. The number of nitrogens with one attached hydrogen (secondary N) is 2. The molecule has 0 unspecified atom stereocenters. The molecule has 0 heterocycles. The Balaban J connectivity index is 2.07. The topological polar surface area (TPSA) is 58.2 Å². The molecular weight excluding hydrogens is 319 g/mol. The van der Waals surface area contributed by atoms with E-state index in [-0.39, 0.29) is 23.7 Å². The predicted octanol–water partition coefficient (Wildman–Crippen LogP) is 3.92. The van der Waals surface area contributed by atoms with Crippen LogP contribution in [0.5, 0.6) is 0 Å². The quantitative estimate of drug-likeness (QED) is 0.811. The maximum Gasteiger partial charge on any atom is 0.251 e. The van der Waals surface area contributed by atoms with Crippen LogP contribution in [0.25, 0.3) is 6.08 Å². The number of hydrogen-bond acceptors (Lipinski definition) is 2. The highest BCUT2D eigenvalue weighted by molar-refractivity contribution is 6.03. The second kappa shape index (κ2) is 8.24. The molecule has 2 rings (SSSR count). The molecule has 0 bridgehead atoms. The van der Waals surface area contributed by atoms with Crippen molar-refractivity contribution in [2.75, 3.05) is 5.32 Å². The maximum absolute atomic E-state index is 12.9. The number of anilines is 1. The summed E-state index contributed by atoms with van der Waals surface area (Å²) in [5.74, 6) is -0.831. The molecular formula is C20H21FN2O2. The first kappa shape index (κ1) is 18.4. The third kappa shape index (κ3) is 5.57. The van der Waals surface area contributed by atoms with E-state index in [1.807, 2.05) is 20.8 Å². The lowest BCUT2D eigenvalue weighted by atomic mass is 10.1. The first-order chi connectivity index (χ1) is 11.8. The van der Waals surface area contributed by atoms with Crippen molar-refractivity contribution >= 4 is 23.6 Å². The van der Waals surface area contributed by atoms with Crippen LogP contribution in [0.2, 0.25) is 0 Å². The molecule has 0 aromatic heterocycles. The van der Waals surface area contributed by atoms with Crippen molar-refractivity contribution in [2.24, 2.45) is 0 Å². The van der Waals surface area contributed by atoms with Gasteiger partial charge in [0.05, 0.1) is 0 Å². The monoisotopic (exact) mass is 340 g/mol. The SMILES string of the molecule is Cc1ccc(NC(=O)C=Cc2ccc(F)cc2)cc1C(=O)NC(C)C. The summed E-state index contributed by atoms with van der Waals surface area (Å²) in [5.41, 5.74) is 2.61. The van der Waals surface area contributed by atoms with Gasteiger partial charge in [-0.05, 0) is 62.2 Å². The number of halogens is 1. The predicted molar refractivity (Wildman–Crippen MR) is 97.8 cm³/mol. The van der Waals surface area contributed by atoms with Crippen molar-refractivity contribution in [2.45, 2.75) is 26.8 Å². The van der Waals surface area contributed by atoms with Crippen LogP contribution in [0.3, 0.4) is 0 Å². The number of hydrogen-bond donors (Lipinski definition) is 2. The third-order valence-electron chi connectivity index (χ3n) is 3.47. The molecule has 130 valence electrons. The molecule has 2 amide bonds. The van der Waals surface area contributed by atoms with E-state index < -0.39 is 0 Å². The van der Waals surface area contributed by atoms with E-state index in [1.165, 1.54) is 18.2 Å². The fourth-order valence-electron chi connectivity index (χ4n) is 2.21. The second-order valence-electron chi connectivity index (χ2n) is 6.03. The fraction of sp³-hybridized carbons (Fsp3) is 0.200. The van der Waals surface area contributed by atoms with Gasteiger partial charge >= 0.3 is 0 Å². The molecule has 0 saturated heterocycles. The first-order valence-electron chi connectivity index (χ1n) is 8.01. The normalized spacial score (nSPS) is 10.9. The second-order valence-corrected chi connectivity index (χ2v) is 6.03. The molecule has 25 heavy (non-hydrogen) atoms. The highest BCUT2D eigenvalue weighted by Crippen LogP contribution is 2.16. The van der Waals surface area contributed by atoms with Gasteiger partial charge in [0, 0.05) is 23.4 Å². The van der Waals surface area contributed by atoms with Gasteiger partial charge in [-0.2, -0.15) is 0 Å². The van der Waals surface area contributed by atoms with Crippen molar-refractivity contribution in [3.05, 3.63) is 71.0 Å². The third-order valence-corrected chi connectivity index (χ3v) is 3.47. The van der Waals surface area contributed by atoms with Crippen LogP contribution < -0.4 is 10.6 Å². The Bertz CT molecular complexity index is 796. The van der Waals surface area contributed by atoms with Crippen LogP contribution >= 0.6 is 0 Å². The Hall–Kier alpha value is -2.95. The largest absolute Gasteiger partial charge is 0.350 e. The van der Waals surface area contributed by atoms with Crippen LogP contribution in [-0.2, 0) is 4.79 Å². The fourth-order valence-corrected chi connectivity index (χ4v) is 2.21. The molecule has 2 N–H and O–H groups in total. The zero-order chi connectivity index (χ0) is 18.4. The lowest BCUT2D eigenvalue weighted by molar-refractivity contribution is -0.111. The summed E-state index contributed by atoms with van der Waals surface area (Å²) in [4.78, 5) is 24.2. The van der Waals surface area contributed by atoms with Crippen molar-refractivity contribution in [1.29, 1.82) is 0 Å². The summed E-state index contributed by atoms with van der Waals surface area (Å²) in [7, 11) is 0. The smallest absolute Gasteiger partial charge is 0.251 e. The number of carbonyl (C=O) groups is 2. The summed E-state index contributed by atoms with van der Waals surface area (Å²) < 4.78 is 12.9. The van der Waals surface area contributed by atoms with E-state index in [0.717, 1.165) is 11.1 Å². The van der Waals surface area contributed by atoms with Gasteiger partial charge in [-0.1, -0.05) is 18.2 Å². The van der Waals surface area contributed by atoms with Crippen LogP contribution in [0.1, 0.15) is 35.3 Å². The Morgan fingerprint density at radius 2 is 1.76 bits per heavy atom. The van der Waals surface area contributed by atoms with Gasteiger partial charge in [-0.3, -0.25) is 9.59 Å². The Kier molecular flexibility index (Phi) is 6.06. The van der Waals surface area contributed by atoms with E-state index >= 15 is 0 Å². The van der Waals surface area contributed by atoms with Gasteiger partial charge in [0.15, 0.2) is 0 Å². The molecule has 2 aromatic rings. The molecule has 0 aliphatic rings. The standard InChI is InChI=1S/C20H21FN2O2/c1-13(2)22-20(25)18-12-17(10-4-14(18)3)23-19(24)11-7-15-5-8-16(21)9-6-15/h4-13H,1-3H3,(H,22,25)(H,23,24). The molecule has 5 heteroatoms. The minimum absolute atomic E-state index is 0.0313. The molecule has 0 fully saturated rings. The lowest BCUT2D eigenvalue weighted by Crippen LogP contribution is -2.30. The van der Waals surface area contributed by atoms with Crippen molar-refractivity contribution in [3.63, 3.8) is 0 Å². The van der Waals surface area contributed by atoms with Crippen LogP contribution in [-0.4, -0.2) is 17.9 Å². The van der Waals surface area contributed by atoms with Gasteiger partial charge in [0.25, 0.3) is 5.91 Å². The molecule has 4 nitrogen and oxygen atoms in total. The lowest BCUT2D eigenvalue weighted by Gasteiger charge is -2.12. The summed E-state index contributed by atoms with van der Waals surface area (Å²) >= 11 is 0. The maximum atomic E-state index is 12.9.